The van der Waals surface area contributed by atoms with Crippen molar-refractivity contribution in [1.82, 2.24) is 14.5 Å². The predicted octanol–water partition coefficient (Wildman–Crippen LogP) is 14.3. The summed E-state index contributed by atoms with van der Waals surface area (Å²) in [5.74, 6) is 0.204. The summed E-state index contributed by atoms with van der Waals surface area (Å²) in [6.07, 6.45) is 1.92. The Morgan fingerprint density at radius 2 is 1.16 bits per heavy atom. The minimum atomic E-state index is -0.0332. The zero-order valence-corrected chi connectivity index (χ0v) is 34.0. The highest BCUT2D eigenvalue weighted by Crippen LogP contribution is 2.42. The van der Waals surface area contributed by atoms with Crippen LogP contribution in [0.1, 0.15) is 52.7 Å². The van der Waals surface area contributed by atoms with Gasteiger partial charge in [0, 0.05) is 39.5 Å². The molecular formula is C52H45N3OS. The number of hydrogen-bond acceptors (Lipinski definition) is 4. The molecule has 0 bridgehead atoms. The summed E-state index contributed by atoms with van der Waals surface area (Å²) in [7, 11) is 0. The molecule has 0 saturated heterocycles. The van der Waals surface area contributed by atoms with E-state index in [0.717, 1.165) is 56.1 Å². The molecule has 1 N–H and O–H groups in total. The van der Waals surface area contributed by atoms with Crippen LogP contribution in [0.3, 0.4) is 0 Å². The van der Waals surface area contributed by atoms with Gasteiger partial charge >= 0.3 is 0 Å². The Bertz CT molecular complexity index is 2910. The standard InChI is InChI=1S/C52H45N3OS/c1-51(2,3)38-27-36(28-39(32-38)52(4,5)6)37-30-45(54-46(31-37)42-18-10-11-21-48(42)56)35-15-12-14-34(26-35)44-29-33(22-24-53-44)41-19-13-20-43-49(41)55(40-16-8-7-9-17-40)47-23-25-57-50(43)47/h7-32,56H,1-6H3. The van der Waals surface area contributed by atoms with E-state index in [0.29, 0.717) is 5.56 Å². The van der Waals surface area contributed by atoms with Gasteiger partial charge in [0.2, 0.25) is 0 Å². The van der Waals surface area contributed by atoms with Crippen molar-refractivity contribution in [3.63, 3.8) is 0 Å². The Morgan fingerprint density at radius 3 is 1.89 bits per heavy atom. The third kappa shape index (κ3) is 6.83. The molecule has 0 spiro atoms. The molecule has 280 valence electrons. The lowest BCUT2D eigenvalue weighted by Gasteiger charge is -2.26. The van der Waals surface area contributed by atoms with Gasteiger partial charge in [-0.15, -0.1) is 11.3 Å². The number of hydrogen-bond donors (Lipinski definition) is 1. The van der Waals surface area contributed by atoms with Gasteiger partial charge in [-0.2, -0.15) is 0 Å². The van der Waals surface area contributed by atoms with Crippen LogP contribution in [0.2, 0.25) is 0 Å². The van der Waals surface area contributed by atoms with E-state index in [4.69, 9.17) is 9.97 Å². The van der Waals surface area contributed by atoms with Crippen LogP contribution in [0, 0.1) is 0 Å². The number of para-hydroxylation sites is 3. The predicted molar refractivity (Wildman–Crippen MR) is 240 cm³/mol. The molecule has 4 nitrogen and oxygen atoms in total. The van der Waals surface area contributed by atoms with Crippen LogP contribution in [-0.2, 0) is 10.8 Å². The zero-order chi connectivity index (χ0) is 39.5. The number of nitrogens with zero attached hydrogens (tertiary/aromatic N) is 3. The number of rotatable bonds is 6. The van der Waals surface area contributed by atoms with Crippen LogP contribution in [0.5, 0.6) is 5.75 Å². The van der Waals surface area contributed by atoms with E-state index in [9.17, 15) is 5.11 Å². The Labute approximate surface area is 338 Å². The van der Waals surface area contributed by atoms with Crippen LogP contribution in [0.15, 0.2) is 157 Å². The average molecular weight is 760 g/mol. The normalized spacial score (nSPS) is 12.1. The van der Waals surface area contributed by atoms with Crippen LogP contribution in [0.4, 0.5) is 0 Å². The quantitative estimate of drug-likeness (QED) is 0.184. The van der Waals surface area contributed by atoms with Gasteiger partial charge in [0.25, 0.3) is 0 Å². The first-order valence-corrected chi connectivity index (χ1v) is 20.4. The lowest BCUT2D eigenvalue weighted by molar-refractivity contribution is 0.477. The molecule has 0 radical (unpaired) electrons. The summed E-state index contributed by atoms with van der Waals surface area (Å²) in [5.41, 5.74) is 15.6. The summed E-state index contributed by atoms with van der Waals surface area (Å²) in [5, 5.41) is 14.5. The zero-order valence-electron chi connectivity index (χ0n) is 33.2. The Hall–Kier alpha value is -6.30. The van der Waals surface area contributed by atoms with Crippen LogP contribution < -0.4 is 0 Å². The first-order valence-electron chi connectivity index (χ1n) is 19.5. The van der Waals surface area contributed by atoms with Crippen molar-refractivity contribution in [3.05, 3.63) is 168 Å². The number of pyridine rings is 2. The number of aromatic nitrogens is 3. The Kier molecular flexibility index (Phi) is 8.94. The van der Waals surface area contributed by atoms with Gasteiger partial charge in [-0.25, -0.2) is 4.98 Å². The number of aromatic hydroxyl groups is 1. The van der Waals surface area contributed by atoms with E-state index >= 15 is 0 Å². The van der Waals surface area contributed by atoms with Gasteiger partial charge in [-0.1, -0.05) is 126 Å². The molecule has 9 rings (SSSR count). The fraction of sp³-hybridized carbons (Fsp3) is 0.154. The molecule has 0 saturated carbocycles. The van der Waals surface area contributed by atoms with Gasteiger partial charge in [0.1, 0.15) is 5.75 Å². The van der Waals surface area contributed by atoms with Crippen molar-refractivity contribution in [2.75, 3.05) is 0 Å². The lowest BCUT2D eigenvalue weighted by Crippen LogP contribution is -2.16. The SMILES string of the molecule is CC(C)(C)c1cc(-c2cc(-c3cccc(-c4cc(-c5cccc6c7sccc7n(-c7ccccc7)c56)ccn4)c3)nc(-c3ccccc3O)c2)cc(C(C)(C)C)c1. The summed E-state index contributed by atoms with van der Waals surface area (Å²) >= 11 is 1.79. The maximum absolute atomic E-state index is 11.0. The van der Waals surface area contributed by atoms with Crippen molar-refractivity contribution in [2.45, 2.75) is 52.4 Å². The number of phenols is 1. The number of fused-ring (bicyclic) bond motifs is 3. The van der Waals surface area contributed by atoms with Gasteiger partial charge < -0.3 is 9.67 Å². The molecule has 0 amide bonds. The van der Waals surface area contributed by atoms with E-state index in [-0.39, 0.29) is 16.6 Å². The second-order valence-corrected chi connectivity index (χ2v) is 17.9. The minimum Gasteiger partial charge on any atom is -0.507 e. The molecule has 0 aliphatic carbocycles. The molecule has 9 aromatic rings. The molecule has 4 heterocycles. The fourth-order valence-electron chi connectivity index (χ4n) is 7.77. The third-order valence-corrected chi connectivity index (χ3v) is 11.9. The topological polar surface area (TPSA) is 50.9 Å². The first kappa shape index (κ1) is 36.3. The first-order chi connectivity index (χ1) is 27.4. The number of phenolic OH excluding ortho intramolecular Hbond substituents is 1. The Balaban J connectivity index is 1.18. The van der Waals surface area contributed by atoms with Crippen molar-refractivity contribution >= 4 is 32.5 Å². The molecule has 0 atom stereocenters. The summed E-state index contributed by atoms with van der Waals surface area (Å²) < 4.78 is 3.68. The highest BCUT2D eigenvalue weighted by atomic mass is 32.1. The third-order valence-electron chi connectivity index (χ3n) is 10.9. The smallest absolute Gasteiger partial charge is 0.124 e. The highest BCUT2D eigenvalue weighted by molar-refractivity contribution is 7.18. The molecule has 0 unspecified atom stereocenters. The lowest BCUT2D eigenvalue weighted by atomic mass is 9.79. The summed E-state index contributed by atoms with van der Waals surface area (Å²) in [6.45, 7) is 13.6. The Morgan fingerprint density at radius 1 is 0.526 bits per heavy atom. The average Bonchev–Trinajstić information content (AvgIpc) is 3.82. The molecule has 57 heavy (non-hydrogen) atoms. The van der Waals surface area contributed by atoms with E-state index in [1.54, 1.807) is 17.4 Å². The fourth-order valence-corrected chi connectivity index (χ4v) is 8.68. The van der Waals surface area contributed by atoms with Crippen molar-refractivity contribution in [2.24, 2.45) is 0 Å². The summed E-state index contributed by atoms with van der Waals surface area (Å²) in [4.78, 5) is 10.1. The second-order valence-electron chi connectivity index (χ2n) is 17.0. The van der Waals surface area contributed by atoms with E-state index in [1.807, 2.05) is 24.4 Å². The molecule has 4 aromatic heterocycles. The number of thiophene rings is 1. The molecule has 0 fully saturated rings. The molecule has 5 heteroatoms. The largest absolute Gasteiger partial charge is 0.507 e. The van der Waals surface area contributed by atoms with Crippen LogP contribution >= 0.6 is 11.3 Å². The maximum Gasteiger partial charge on any atom is 0.124 e. The molecular weight excluding hydrogens is 715 g/mol. The molecule has 0 aliphatic rings. The molecule has 0 aliphatic heterocycles. The van der Waals surface area contributed by atoms with E-state index in [2.05, 4.69) is 173 Å². The van der Waals surface area contributed by atoms with Crippen LogP contribution in [-0.4, -0.2) is 19.6 Å². The highest BCUT2D eigenvalue weighted by Gasteiger charge is 2.23. The molecule has 5 aromatic carbocycles. The van der Waals surface area contributed by atoms with Gasteiger partial charge in [-0.05, 0) is 105 Å². The number of benzene rings is 5. The van der Waals surface area contributed by atoms with Gasteiger partial charge in [0.05, 0.1) is 32.8 Å². The summed E-state index contributed by atoms with van der Waals surface area (Å²) in [6, 6.07) is 51.0. The van der Waals surface area contributed by atoms with E-state index < -0.39 is 0 Å². The second kappa shape index (κ2) is 14.0. The van der Waals surface area contributed by atoms with Gasteiger partial charge in [0.15, 0.2) is 0 Å². The van der Waals surface area contributed by atoms with Crippen molar-refractivity contribution in [3.8, 4) is 67.5 Å². The monoisotopic (exact) mass is 759 g/mol. The van der Waals surface area contributed by atoms with Crippen molar-refractivity contribution in [1.29, 1.82) is 0 Å². The minimum absolute atomic E-state index is 0.0332. The maximum atomic E-state index is 11.0. The van der Waals surface area contributed by atoms with Crippen molar-refractivity contribution < 1.29 is 5.11 Å². The van der Waals surface area contributed by atoms with E-state index in [1.165, 1.54) is 32.2 Å². The van der Waals surface area contributed by atoms with Gasteiger partial charge in [-0.3, -0.25) is 4.98 Å². The van der Waals surface area contributed by atoms with Crippen LogP contribution in [0.25, 0.3) is 82.8 Å².